The summed E-state index contributed by atoms with van der Waals surface area (Å²) in [5, 5.41) is 12.0. The Kier molecular flexibility index (Phi) is 8.51. The molecule has 0 fully saturated rings. The number of benzene rings is 1. The van der Waals surface area contributed by atoms with Crippen LogP contribution < -0.4 is 5.32 Å². The van der Waals surface area contributed by atoms with Gasteiger partial charge in [-0.3, -0.25) is 14.6 Å². The number of nitrogens with zero attached hydrogens (tertiary/aromatic N) is 2. The van der Waals surface area contributed by atoms with E-state index < -0.39 is 41.2 Å². The summed E-state index contributed by atoms with van der Waals surface area (Å²) in [5.41, 5.74) is 2.05. The van der Waals surface area contributed by atoms with Gasteiger partial charge in [-0.1, -0.05) is 34.8 Å². The lowest BCUT2D eigenvalue weighted by molar-refractivity contribution is -0.133. The van der Waals surface area contributed by atoms with Crippen LogP contribution in [0, 0.1) is 0 Å². The van der Waals surface area contributed by atoms with Crippen LogP contribution >= 0.6 is 0 Å². The number of nitrogens with one attached hydrogen (secondary N) is 1. The van der Waals surface area contributed by atoms with E-state index in [2.05, 4.69) is 4.98 Å². The summed E-state index contributed by atoms with van der Waals surface area (Å²) in [7, 11) is -2.32. The van der Waals surface area contributed by atoms with Crippen LogP contribution in [0.15, 0.2) is 42.6 Å². The number of hydrogen-bond donors (Lipinski definition) is 2. The second-order valence-electron chi connectivity index (χ2n) is 6.58. The van der Waals surface area contributed by atoms with Crippen molar-refractivity contribution in [2.75, 3.05) is 20.0 Å². The van der Waals surface area contributed by atoms with Crippen molar-refractivity contribution in [3.8, 4) is 11.1 Å². The van der Waals surface area contributed by atoms with Crippen LogP contribution in [0.3, 0.4) is 0 Å². The predicted octanol–water partition coefficient (Wildman–Crippen LogP) is 1.82. The first-order valence-electron chi connectivity index (χ1n) is 8.96. The highest BCUT2D eigenvalue weighted by atomic mass is 32.2. The van der Waals surface area contributed by atoms with Gasteiger partial charge in [-0.05, 0) is 17.2 Å². The number of pyridine rings is 1. The molecule has 0 spiro atoms. The number of sulfonamides is 1. The van der Waals surface area contributed by atoms with Crippen LogP contribution in [-0.2, 0) is 26.2 Å². The van der Waals surface area contributed by atoms with Crippen LogP contribution in [-0.4, -0.2) is 61.4 Å². The van der Waals surface area contributed by atoms with Crippen molar-refractivity contribution in [3.05, 3.63) is 53.9 Å². The third-order valence-electron chi connectivity index (χ3n) is 4.35. The summed E-state index contributed by atoms with van der Waals surface area (Å²) in [4.78, 5) is 20.1. The summed E-state index contributed by atoms with van der Waals surface area (Å²) in [6.07, 6.45) is -2.30. The fraction of sp³-hybridized carbons (Fsp3) is 0.368. The van der Waals surface area contributed by atoms with Gasteiger partial charge < -0.3 is 10.4 Å². The van der Waals surface area contributed by atoms with E-state index in [1.165, 1.54) is 25.4 Å². The Bertz CT molecular complexity index is 972. The molecular formula is C19H22F3N3O5S. The van der Waals surface area contributed by atoms with E-state index in [4.69, 9.17) is 4.84 Å². The number of aliphatic hydroxyl groups is 1. The van der Waals surface area contributed by atoms with Crippen molar-refractivity contribution in [1.29, 1.82) is 0 Å². The lowest BCUT2D eigenvalue weighted by atomic mass is 9.99. The molecule has 12 heteroatoms. The van der Waals surface area contributed by atoms with Crippen molar-refractivity contribution < 1.29 is 36.3 Å². The molecule has 2 atom stereocenters. The SMILES string of the molecule is CON(Cc1ccc(-c2ccc(C(O)C(CF)NC(=O)C(F)F)cc2)cn1)S(C)(=O)=O. The van der Waals surface area contributed by atoms with Gasteiger partial charge in [0.1, 0.15) is 12.8 Å². The molecule has 0 radical (unpaired) electrons. The van der Waals surface area contributed by atoms with Crippen LogP contribution in [0.2, 0.25) is 0 Å². The zero-order chi connectivity index (χ0) is 23.2. The number of amides is 1. The largest absolute Gasteiger partial charge is 0.386 e. The van der Waals surface area contributed by atoms with Gasteiger partial charge in [0.2, 0.25) is 10.0 Å². The van der Waals surface area contributed by atoms with Gasteiger partial charge in [-0.15, -0.1) is 0 Å². The van der Waals surface area contributed by atoms with Crippen molar-refractivity contribution >= 4 is 15.9 Å². The Hall–Kier alpha value is -2.54. The minimum atomic E-state index is -3.56. The monoisotopic (exact) mass is 461 g/mol. The van der Waals surface area contributed by atoms with E-state index >= 15 is 0 Å². The Morgan fingerprint density at radius 1 is 1.19 bits per heavy atom. The van der Waals surface area contributed by atoms with Gasteiger partial charge >= 0.3 is 6.43 Å². The van der Waals surface area contributed by atoms with Crippen molar-refractivity contribution in [2.45, 2.75) is 25.1 Å². The number of rotatable bonds is 10. The Balaban J connectivity index is 2.11. The smallest absolute Gasteiger partial charge is 0.315 e. The fourth-order valence-corrected chi connectivity index (χ4v) is 3.33. The van der Waals surface area contributed by atoms with E-state index in [1.807, 2.05) is 0 Å². The molecule has 0 bridgehead atoms. The molecule has 2 aromatic rings. The van der Waals surface area contributed by atoms with Crippen molar-refractivity contribution in [3.63, 3.8) is 0 Å². The maximum atomic E-state index is 13.1. The minimum Gasteiger partial charge on any atom is -0.386 e. The predicted molar refractivity (Wildman–Crippen MR) is 106 cm³/mol. The maximum absolute atomic E-state index is 13.1. The lowest BCUT2D eigenvalue weighted by Gasteiger charge is -2.22. The maximum Gasteiger partial charge on any atom is 0.315 e. The molecule has 0 saturated heterocycles. The van der Waals surface area contributed by atoms with Crippen LogP contribution in [0.1, 0.15) is 17.4 Å². The molecule has 0 aliphatic carbocycles. The third kappa shape index (κ3) is 6.72. The Morgan fingerprint density at radius 2 is 1.81 bits per heavy atom. The number of hydrogen-bond acceptors (Lipinski definition) is 6. The number of carbonyl (C=O) groups excluding carboxylic acids is 1. The third-order valence-corrected chi connectivity index (χ3v) is 5.37. The van der Waals surface area contributed by atoms with Crippen LogP contribution in [0.5, 0.6) is 0 Å². The fourth-order valence-electron chi connectivity index (χ4n) is 2.69. The molecule has 0 aliphatic rings. The average molecular weight is 461 g/mol. The molecule has 1 amide bonds. The topological polar surface area (TPSA) is 109 Å². The van der Waals surface area contributed by atoms with Crippen LogP contribution in [0.4, 0.5) is 13.2 Å². The first kappa shape index (κ1) is 24.7. The zero-order valence-electron chi connectivity index (χ0n) is 16.7. The number of aromatic nitrogens is 1. The van der Waals surface area contributed by atoms with E-state index in [-0.39, 0.29) is 12.1 Å². The summed E-state index contributed by atoms with van der Waals surface area (Å²) >= 11 is 0. The average Bonchev–Trinajstić information content (AvgIpc) is 2.74. The number of alkyl halides is 3. The first-order chi connectivity index (χ1) is 14.6. The molecular weight excluding hydrogens is 439 g/mol. The van der Waals surface area contributed by atoms with E-state index in [0.717, 1.165) is 10.7 Å². The van der Waals surface area contributed by atoms with Gasteiger partial charge in [-0.2, -0.15) is 8.78 Å². The molecule has 170 valence electrons. The quantitative estimate of drug-likeness (QED) is 0.523. The minimum absolute atomic E-state index is 0.0737. The molecule has 2 N–H and O–H groups in total. The highest BCUT2D eigenvalue weighted by Crippen LogP contribution is 2.24. The van der Waals surface area contributed by atoms with Gasteiger partial charge in [0.25, 0.3) is 5.91 Å². The Labute approximate surface area is 177 Å². The second kappa shape index (κ2) is 10.7. The second-order valence-corrected chi connectivity index (χ2v) is 8.45. The Morgan fingerprint density at radius 3 is 2.26 bits per heavy atom. The highest BCUT2D eigenvalue weighted by Gasteiger charge is 2.26. The number of halogens is 3. The van der Waals surface area contributed by atoms with Gasteiger partial charge in [0.15, 0.2) is 0 Å². The molecule has 1 heterocycles. The summed E-state index contributed by atoms with van der Waals surface area (Å²) in [5.74, 6) is -1.66. The van der Waals surface area contributed by atoms with Crippen molar-refractivity contribution in [1.82, 2.24) is 14.8 Å². The zero-order valence-corrected chi connectivity index (χ0v) is 17.5. The van der Waals surface area contributed by atoms with Gasteiger partial charge in [0.05, 0.1) is 31.6 Å². The number of aliphatic hydroxyl groups excluding tert-OH is 1. The molecule has 0 aliphatic heterocycles. The molecule has 2 unspecified atom stereocenters. The molecule has 31 heavy (non-hydrogen) atoms. The summed E-state index contributed by atoms with van der Waals surface area (Å²) in [6.45, 7) is -1.30. The molecule has 1 aromatic heterocycles. The number of carbonyl (C=O) groups is 1. The normalized spacial score (nSPS) is 13.9. The highest BCUT2D eigenvalue weighted by molar-refractivity contribution is 7.88. The van der Waals surface area contributed by atoms with Gasteiger partial charge in [-0.25, -0.2) is 12.8 Å². The standard InChI is InChI=1S/C19H22F3N3O5S/c1-30-25(31(2,28)29)11-15-8-7-14(10-23-15)12-3-5-13(6-4-12)17(26)16(9-20)24-19(27)18(21)22/h3-8,10,16-18,26H,9,11H2,1-2H3,(H,24,27). The molecule has 2 rings (SSSR count). The molecule has 8 nitrogen and oxygen atoms in total. The van der Waals surface area contributed by atoms with Gasteiger partial charge in [0, 0.05) is 11.8 Å². The first-order valence-corrected chi connectivity index (χ1v) is 10.8. The van der Waals surface area contributed by atoms with E-state index in [0.29, 0.717) is 16.8 Å². The van der Waals surface area contributed by atoms with E-state index in [9.17, 15) is 31.5 Å². The van der Waals surface area contributed by atoms with E-state index in [1.54, 1.807) is 29.6 Å². The van der Waals surface area contributed by atoms with Crippen molar-refractivity contribution in [2.24, 2.45) is 0 Å². The summed E-state index contributed by atoms with van der Waals surface area (Å²) in [6, 6.07) is 7.98. The number of hydroxylamine groups is 1. The molecule has 1 aromatic carbocycles. The van der Waals surface area contributed by atoms with Crippen LogP contribution in [0.25, 0.3) is 11.1 Å². The summed E-state index contributed by atoms with van der Waals surface area (Å²) < 4.78 is 61.7. The lowest BCUT2D eigenvalue weighted by Crippen LogP contribution is -2.43. The molecule has 0 saturated carbocycles.